The van der Waals surface area contributed by atoms with Crippen LogP contribution in [0.2, 0.25) is 20.1 Å². The lowest BCUT2D eigenvalue weighted by Crippen LogP contribution is -2.42. The number of Topliss-reactive ketones (excluding diaryl/α,β-unsaturated/α-hetero) is 2. The van der Waals surface area contributed by atoms with Crippen LogP contribution in [0.4, 0.5) is 0 Å². The average molecular weight is 1470 g/mol. The molecule has 0 saturated carbocycles. The molecule has 0 unspecified atom stereocenters. The number of aliphatic carboxylic acids is 1. The van der Waals surface area contributed by atoms with E-state index in [1.807, 2.05) is 52.0 Å². The Morgan fingerprint density at radius 2 is 0.990 bits per heavy atom. The van der Waals surface area contributed by atoms with Gasteiger partial charge in [-0.15, -0.1) is 0 Å². The number of carboxylic acid groups (broad SMARTS) is 1. The maximum absolute atomic E-state index is 12.9. The minimum absolute atomic E-state index is 0. The summed E-state index contributed by atoms with van der Waals surface area (Å²) in [7, 11) is 0.828. The highest BCUT2D eigenvalue weighted by Gasteiger charge is 2.51. The van der Waals surface area contributed by atoms with E-state index in [-0.39, 0.29) is 144 Å². The van der Waals surface area contributed by atoms with Crippen LogP contribution < -0.4 is 38.2 Å². The molecule has 4 amide bonds. The summed E-state index contributed by atoms with van der Waals surface area (Å²) >= 11 is 28.2. The third-order valence-corrected chi connectivity index (χ3v) is 16.4. The zero-order valence-electron chi connectivity index (χ0n) is 52.7. The van der Waals surface area contributed by atoms with Crippen molar-refractivity contribution in [3.05, 3.63) is 190 Å². The minimum atomic E-state index is -1.42. The van der Waals surface area contributed by atoms with Crippen molar-refractivity contribution in [1.29, 1.82) is 21.3 Å². The number of rotatable bonds is 26. The van der Waals surface area contributed by atoms with Gasteiger partial charge in [-0.3, -0.25) is 39.6 Å². The van der Waals surface area contributed by atoms with E-state index in [4.69, 9.17) is 93.3 Å². The molecule has 0 aliphatic carbocycles. The van der Waals surface area contributed by atoms with Gasteiger partial charge in [-0.2, -0.15) is 24.0 Å². The first-order valence-electron chi connectivity index (χ1n) is 29.1. The number of nitrogens with two attached hydrogens (primary N) is 2. The van der Waals surface area contributed by atoms with E-state index >= 15 is 0 Å². The molecule has 7 rings (SSSR count). The summed E-state index contributed by atoms with van der Waals surface area (Å²) in [6.07, 6.45) is 0.446. The monoisotopic (exact) mass is 1470 g/mol. The van der Waals surface area contributed by atoms with Crippen molar-refractivity contribution in [2.24, 2.45) is 11.5 Å². The van der Waals surface area contributed by atoms with Gasteiger partial charge in [0.2, 0.25) is 0 Å². The number of hydrogen-bond acceptors (Lipinski definition) is 15. The number of nitrogens with one attached hydrogen (secondary N) is 6. The fraction of sp³-hybridized carbons (Fsp3) is 0.284. The van der Waals surface area contributed by atoms with Gasteiger partial charge in [0.25, 0.3) is 23.6 Å². The molecule has 6 aromatic carbocycles. The summed E-state index contributed by atoms with van der Waals surface area (Å²) in [5.41, 5.74) is 16.2. The Hall–Kier alpha value is -8.63. The van der Waals surface area contributed by atoms with Gasteiger partial charge in [0.15, 0.2) is 11.6 Å². The van der Waals surface area contributed by atoms with Crippen LogP contribution in [-0.4, -0.2) is 115 Å². The van der Waals surface area contributed by atoms with Gasteiger partial charge in [0, 0.05) is 41.3 Å². The molecule has 1 heterocycles. The number of hydrogen-bond donors (Lipinski definition) is 9. The second kappa shape index (κ2) is 37.6. The van der Waals surface area contributed by atoms with E-state index in [1.54, 1.807) is 72.8 Å². The molecule has 0 bridgehead atoms. The van der Waals surface area contributed by atoms with Crippen LogP contribution in [0, 0.1) is 33.5 Å². The number of amides is 4. The zero-order valence-corrected chi connectivity index (χ0v) is 58.3. The molecule has 96 heavy (non-hydrogen) atoms. The van der Waals surface area contributed by atoms with E-state index in [9.17, 15) is 43.5 Å². The lowest BCUT2D eigenvalue weighted by atomic mass is 9.79. The Morgan fingerprint density at radius 1 is 0.594 bits per heavy atom. The Kier molecular flexibility index (Phi) is 31.3. The van der Waals surface area contributed by atoms with Crippen molar-refractivity contribution in [3.63, 3.8) is 0 Å². The number of carbonyl (C=O) groups is 8. The highest BCUT2D eigenvalue weighted by Crippen LogP contribution is 2.37. The van der Waals surface area contributed by atoms with Gasteiger partial charge in [-0.05, 0) is 128 Å². The molecule has 0 spiro atoms. The van der Waals surface area contributed by atoms with Crippen molar-refractivity contribution in [2.75, 3.05) is 20.2 Å². The summed E-state index contributed by atoms with van der Waals surface area (Å²) in [6, 6.07) is 35.7. The van der Waals surface area contributed by atoms with E-state index in [2.05, 4.69) is 49.3 Å². The Labute approximate surface area is 591 Å². The van der Waals surface area contributed by atoms with Crippen LogP contribution in [-0.2, 0) is 58.9 Å². The lowest BCUT2D eigenvalue weighted by Gasteiger charge is -2.32. The number of benzene rings is 6. The summed E-state index contributed by atoms with van der Waals surface area (Å²) in [4.78, 5) is 99.1. The predicted molar refractivity (Wildman–Crippen MR) is 377 cm³/mol. The second-order valence-electron chi connectivity index (χ2n) is 22.5. The third-order valence-electron chi connectivity index (χ3n) is 14.7. The number of ether oxygens (including phenoxy) is 1. The zero-order chi connectivity index (χ0) is 70.3. The van der Waals surface area contributed by atoms with Crippen LogP contribution in [0.5, 0.6) is 0 Å². The highest BCUT2D eigenvalue weighted by molar-refractivity contribution is 9.10. The molecule has 6 aromatic rings. The molecule has 22 nitrogen and oxygen atoms in total. The molecule has 0 aromatic heterocycles. The number of amidine groups is 2. The number of carboxylic acids is 1. The molecular weight excluding hydrogens is 1400 g/mol. The van der Waals surface area contributed by atoms with Crippen molar-refractivity contribution >= 4 is 147 Å². The molecule has 1 fully saturated rings. The first kappa shape index (κ1) is 79.8. The Bertz CT molecular complexity index is 3900. The SMILES string of the molecule is CC1(C)OB(c2ccc(CC#N)cc2)OC1(C)C.COC(=O)[C@H](CCC(=O)CNC(=O)c1cccc(CC(=N)N)c1)NC(=O)c1c(Cl)cc(Br)cc1Cl.N#CCc1ccc(-c2cc(Cl)c(C(=O)N[C@@H](CCC(=O)CNC(=O)c3cccc(CC(=N)N)c3)C(=O)O)c(Cl)c2)cc1.S. The summed E-state index contributed by atoms with van der Waals surface area (Å²) in [6.45, 7) is 7.54. The average Bonchev–Trinajstić information content (AvgIpc) is 1.43. The first-order chi connectivity index (χ1) is 44.8. The third kappa shape index (κ3) is 24.2. The first-order valence-corrected chi connectivity index (χ1v) is 31.4. The van der Waals surface area contributed by atoms with E-state index < -0.39 is 53.4 Å². The molecule has 1 saturated heterocycles. The number of halogens is 5. The van der Waals surface area contributed by atoms with Crippen LogP contribution in [0.1, 0.15) is 117 Å². The van der Waals surface area contributed by atoms with Gasteiger partial charge in [0.1, 0.15) is 12.1 Å². The summed E-state index contributed by atoms with van der Waals surface area (Å²) in [5, 5.41) is 51.8. The molecule has 2 atom stereocenters. The maximum atomic E-state index is 12.9. The van der Waals surface area contributed by atoms with Gasteiger partial charge in [-0.25, -0.2) is 9.59 Å². The molecule has 1 aliphatic heterocycles. The number of esters is 1. The molecule has 1 aliphatic rings. The van der Waals surface area contributed by atoms with Gasteiger partial charge in [-0.1, -0.05) is 135 Å². The smallest absolute Gasteiger partial charge is 0.480 e. The molecule has 0 radical (unpaired) electrons. The number of nitriles is 2. The van der Waals surface area contributed by atoms with Crippen molar-refractivity contribution in [3.8, 4) is 23.3 Å². The second-order valence-corrected chi connectivity index (χ2v) is 25.0. The van der Waals surface area contributed by atoms with Crippen molar-refractivity contribution < 1.29 is 57.5 Å². The van der Waals surface area contributed by atoms with Crippen LogP contribution in [0.25, 0.3) is 11.1 Å². The minimum Gasteiger partial charge on any atom is -0.480 e. The fourth-order valence-corrected chi connectivity index (χ4v) is 11.1. The fourth-order valence-electron chi connectivity index (χ4n) is 9.03. The van der Waals surface area contributed by atoms with E-state index in [0.29, 0.717) is 33.1 Å². The Balaban J connectivity index is 0.000000326. The number of methoxy groups -OCH3 is 1. The van der Waals surface area contributed by atoms with Gasteiger partial charge in [0.05, 0.1) is 99.3 Å². The largest absolute Gasteiger partial charge is 0.494 e. The molecule has 11 N–H and O–H groups in total. The van der Waals surface area contributed by atoms with Crippen LogP contribution in [0.15, 0.2) is 126 Å². The predicted octanol–water partition coefficient (Wildman–Crippen LogP) is 9.62. The van der Waals surface area contributed by atoms with Crippen LogP contribution >= 0.6 is 75.8 Å². The normalized spacial score (nSPS) is 12.9. The quantitative estimate of drug-likeness (QED) is 0.0106. The van der Waals surface area contributed by atoms with Crippen molar-refractivity contribution in [1.82, 2.24) is 21.3 Å². The standard InChI is InChI=1S/C30H27Cl2N5O5.C23H23BrCl2N4O5.C14H18BNO2.H2S/c31-23-14-21(19-6-4-17(5-7-19)10-11-33)15-24(32)27(23)29(40)37-25(30(41)42)9-8-22(38)16-36-28(39)20-3-1-2-18(12-20)13-26(34)35;1-35-23(34)18(30-22(33)20-16(25)9-14(24)10-17(20)26)6-5-15(31)11-29-21(32)13-4-2-3-12(7-13)8-19(27)28;1-13(2)14(3,4)18-15(17-13)12-7-5-11(6-8-12)9-10-16;/h1-7,12,14-15,25H,8-10,13,16H2,(H3,34,35)(H,36,39)(H,37,40)(H,41,42);2-4,7,9-10,18H,5-6,8,11H2,1H3,(H3,27,28)(H,29,32)(H,30,33);5-8H,9H2,1-4H3;1H2/t25-;18-;;/m00../s1. The van der Waals surface area contributed by atoms with Crippen molar-refractivity contribution in [2.45, 2.75) is 102 Å². The summed E-state index contributed by atoms with van der Waals surface area (Å²) < 4.78 is 17.2. The number of carbonyl (C=O) groups excluding carboxylic acids is 7. The molecular formula is C67H70BBrCl4N10O12S. The van der Waals surface area contributed by atoms with Gasteiger partial charge < -0.3 is 51.9 Å². The number of ketones is 2. The molecule has 29 heteroatoms. The van der Waals surface area contributed by atoms with E-state index in [0.717, 1.165) is 29.3 Å². The molecule has 504 valence electrons. The lowest BCUT2D eigenvalue weighted by molar-refractivity contribution is -0.143. The van der Waals surface area contributed by atoms with Gasteiger partial charge >= 0.3 is 19.1 Å². The Morgan fingerprint density at radius 3 is 1.39 bits per heavy atom. The van der Waals surface area contributed by atoms with Crippen LogP contribution in [0.3, 0.4) is 0 Å². The summed E-state index contributed by atoms with van der Waals surface area (Å²) in [5.74, 6) is -5.49. The van der Waals surface area contributed by atoms with E-state index in [1.165, 1.54) is 24.3 Å². The maximum Gasteiger partial charge on any atom is 0.494 e. The number of nitrogens with zero attached hydrogens (tertiary/aromatic N) is 2. The highest BCUT2D eigenvalue weighted by atomic mass is 79.9. The topological polar surface area (TPSA) is 380 Å².